The summed E-state index contributed by atoms with van der Waals surface area (Å²) < 4.78 is 0. The summed E-state index contributed by atoms with van der Waals surface area (Å²) in [6.07, 6.45) is -0.154. The molecule has 0 bridgehead atoms. The molecule has 0 saturated carbocycles. The van der Waals surface area contributed by atoms with Crippen LogP contribution in [0.2, 0.25) is 0 Å². The molecule has 0 aliphatic carbocycles. The lowest BCUT2D eigenvalue weighted by Crippen LogP contribution is -2.44. The second-order valence-electron chi connectivity index (χ2n) is 6.24. The Morgan fingerprint density at radius 1 is 1.14 bits per heavy atom. The predicted octanol–water partition coefficient (Wildman–Crippen LogP) is 1.65. The van der Waals surface area contributed by atoms with Gasteiger partial charge in [0.25, 0.3) is 0 Å². The molecular weight excluding hydrogens is 270 g/mol. The highest BCUT2D eigenvalue weighted by molar-refractivity contribution is 5.89. The molecule has 0 aromatic heterocycles. The lowest BCUT2D eigenvalue weighted by atomic mass is 9.79. The van der Waals surface area contributed by atoms with Crippen LogP contribution in [0.1, 0.15) is 32.8 Å². The average Bonchev–Trinajstić information content (AvgIpc) is 2.37. The molecule has 0 spiro atoms. The summed E-state index contributed by atoms with van der Waals surface area (Å²) in [6.45, 7) is 4.89. The first-order chi connectivity index (χ1) is 9.56. The van der Waals surface area contributed by atoms with Gasteiger partial charge in [-0.2, -0.15) is 0 Å². The van der Waals surface area contributed by atoms with Crippen molar-refractivity contribution < 1.29 is 19.8 Å². The van der Waals surface area contributed by atoms with Crippen LogP contribution in [0.25, 0.3) is 0 Å². The SMILES string of the molecule is CN(CC(C)(C)O)C(=O)CC(C)(C(=O)O)c1ccccc1. The van der Waals surface area contributed by atoms with Crippen molar-refractivity contribution in [3.8, 4) is 0 Å². The van der Waals surface area contributed by atoms with Gasteiger partial charge in [0, 0.05) is 20.0 Å². The molecule has 0 aliphatic heterocycles. The number of hydrogen-bond donors (Lipinski definition) is 2. The van der Waals surface area contributed by atoms with Crippen LogP contribution in [0.5, 0.6) is 0 Å². The van der Waals surface area contributed by atoms with E-state index in [2.05, 4.69) is 0 Å². The Morgan fingerprint density at radius 3 is 2.10 bits per heavy atom. The summed E-state index contributed by atoms with van der Waals surface area (Å²) in [5.41, 5.74) is -1.72. The second kappa shape index (κ2) is 6.26. The molecule has 1 aromatic carbocycles. The van der Waals surface area contributed by atoms with Crippen molar-refractivity contribution in [2.75, 3.05) is 13.6 Å². The summed E-state index contributed by atoms with van der Waals surface area (Å²) in [7, 11) is 1.56. The maximum absolute atomic E-state index is 12.3. The van der Waals surface area contributed by atoms with Gasteiger partial charge in [-0.25, -0.2) is 0 Å². The molecule has 21 heavy (non-hydrogen) atoms. The molecule has 0 heterocycles. The Morgan fingerprint density at radius 2 is 1.67 bits per heavy atom. The second-order valence-corrected chi connectivity index (χ2v) is 6.24. The lowest BCUT2D eigenvalue weighted by Gasteiger charge is -2.30. The minimum absolute atomic E-state index is 0.149. The minimum Gasteiger partial charge on any atom is -0.481 e. The molecular formula is C16H23NO4. The Labute approximate surface area is 125 Å². The summed E-state index contributed by atoms with van der Waals surface area (Å²) >= 11 is 0. The number of hydrogen-bond acceptors (Lipinski definition) is 3. The van der Waals surface area contributed by atoms with Crippen LogP contribution in [0.15, 0.2) is 30.3 Å². The van der Waals surface area contributed by atoms with Gasteiger partial charge in [-0.1, -0.05) is 30.3 Å². The van der Waals surface area contributed by atoms with E-state index in [1.54, 1.807) is 58.2 Å². The van der Waals surface area contributed by atoms with Gasteiger partial charge in [0.15, 0.2) is 0 Å². The zero-order valence-electron chi connectivity index (χ0n) is 13.0. The van der Waals surface area contributed by atoms with Crippen molar-refractivity contribution in [2.45, 2.75) is 38.2 Å². The standard InChI is InChI=1S/C16H23NO4/c1-15(2,21)11-17(4)13(18)10-16(3,14(19)20)12-8-6-5-7-9-12/h5-9,21H,10-11H2,1-4H3,(H,19,20). The highest BCUT2D eigenvalue weighted by atomic mass is 16.4. The lowest BCUT2D eigenvalue weighted by molar-refractivity contribution is -0.147. The molecule has 1 rings (SSSR count). The van der Waals surface area contributed by atoms with Crippen LogP contribution in [0.4, 0.5) is 0 Å². The normalized spacial score (nSPS) is 14.3. The summed E-state index contributed by atoms with van der Waals surface area (Å²) in [4.78, 5) is 25.3. The van der Waals surface area contributed by atoms with Gasteiger partial charge in [-0.3, -0.25) is 9.59 Å². The van der Waals surface area contributed by atoms with Crippen molar-refractivity contribution in [2.24, 2.45) is 0 Å². The molecule has 1 amide bonds. The van der Waals surface area contributed by atoms with Gasteiger partial charge >= 0.3 is 5.97 Å². The molecule has 1 unspecified atom stereocenters. The fourth-order valence-corrected chi connectivity index (χ4v) is 2.21. The van der Waals surface area contributed by atoms with Gasteiger partial charge in [0.05, 0.1) is 11.0 Å². The third-order valence-corrected chi connectivity index (χ3v) is 3.44. The molecule has 5 heteroatoms. The molecule has 1 atom stereocenters. The monoisotopic (exact) mass is 293 g/mol. The van der Waals surface area contributed by atoms with Gasteiger partial charge in [-0.05, 0) is 26.3 Å². The molecule has 5 nitrogen and oxygen atoms in total. The number of rotatable bonds is 6. The van der Waals surface area contributed by atoms with Crippen molar-refractivity contribution in [1.29, 1.82) is 0 Å². The quantitative estimate of drug-likeness (QED) is 0.836. The van der Waals surface area contributed by atoms with Crippen LogP contribution in [0, 0.1) is 0 Å². The zero-order chi connectivity index (χ0) is 16.3. The van der Waals surface area contributed by atoms with E-state index in [1.165, 1.54) is 4.90 Å². The zero-order valence-corrected chi connectivity index (χ0v) is 13.0. The number of aliphatic carboxylic acids is 1. The van der Waals surface area contributed by atoms with E-state index in [0.717, 1.165) is 0 Å². The van der Waals surface area contributed by atoms with Crippen LogP contribution in [0.3, 0.4) is 0 Å². The van der Waals surface area contributed by atoms with Crippen molar-refractivity contribution >= 4 is 11.9 Å². The van der Waals surface area contributed by atoms with Gasteiger partial charge < -0.3 is 15.1 Å². The van der Waals surface area contributed by atoms with Crippen LogP contribution in [-0.4, -0.2) is 46.2 Å². The Bertz CT molecular complexity index is 507. The summed E-state index contributed by atoms with van der Waals surface area (Å²) in [6, 6.07) is 8.71. The fraction of sp³-hybridized carbons (Fsp3) is 0.500. The van der Waals surface area contributed by atoms with E-state index in [-0.39, 0.29) is 18.9 Å². The highest BCUT2D eigenvalue weighted by Crippen LogP contribution is 2.28. The predicted molar refractivity (Wildman–Crippen MR) is 80.0 cm³/mol. The molecule has 0 radical (unpaired) electrons. The topological polar surface area (TPSA) is 77.8 Å². The van der Waals surface area contributed by atoms with Gasteiger partial charge in [0.2, 0.25) is 5.91 Å². The largest absolute Gasteiger partial charge is 0.481 e. The molecule has 2 N–H and O–H groups in total. The number of carbonyl (C=O) groups excluding carboxylic acids is 1. The first-order valence-electron chi connectivity index (χ1n) is 6.81. The number of amides is 1. The van der Waals surface area contributed by atoms with Gasteiger partial charge in [0.1, 0.15) is 0 Å². The number of likely N-dealkylation sites (N-methyl/N-ethyl adjacent to an activating group) is 1. The van der Waals surface area contributed by atoms with Crippen LogP contribution >= 0.6 is 0 Å². The number of nitrogens with zero attached hydrogens (tertiary/aromatic N) is 1. The maximum atomic E-state index is 12.3. The molecule has 116 valence electrons. The molecule has 0 aliphatic rings. The Kier molecular flexibility index (Phi) is 5.12. The summed E-state index contributed by atoms with van der Waals surface area (Å²) in [5.74, 6) is -1.36. The van der Waals surface area contributed by atoms with Crippen LogP contribution in [-0.2, 0) is 15.0 Å². The third-order valence-electron chi connectivity index (χ3n) is 3.44. The van der Waals surface area contributed by atoms with Crippen molar-refractivity contribution in [3.63, 3.8) is 0 Å². The average molecular weight is 293 g/mol. The van der Waals surface area contributed by atoms with E-state index < -0.39 is 17.0 Å². The highest BCUT2D eigenvalue weighted by Gasteiger charge is 2.38. The smallest absolute Gasteiger partial charge is 0.314 e. The molecule has 0 fully saturated rings. The van der Waals surface area contributed by atoms with E-state index in [9.17, 15) is 19.8 Å². The van der Waals surface area contributed by atoms with Crippen LogP contribution < -0.4 is 0 Å². The van der Waals surface area contributed by atoms with E-state index in [1.807, 2.05) is 0 Å². The maximum Gasteiger partial charge on any atom is 0.314 e. The van der Waals surface area contributed by atoms with E-state index in [4.69, 9.17) is 0 Å². The Hall–Kier alpha value is -1.88. The fourth-order valence-electron chi connectivity index (χ4n) is 2.21. The van der Waals surface area contributed by atoms with Crippen molar-refractivity contribution in [1.82, 2.24) is 4.90 Å². The number of carboxylic acids is 1. The van der Waals surface area contributed by atoms with Crippen molar-refractivity contribution in [3.05, 3.63) is 35.9 Å². The minimum atomic E-state index is -1.29. The van der Waals surface area contributed by atoms with E-state index >= 15 is 0 Å². The molecule has 0 saturated heterocycles. The first-order valence-corrected chi connectivity index (χ1v) is 6.81. The number of aliphatic hydroxyl groups is 1. The van der Waals surface area contributed by atoms with E-state index in [0.29, 0.717) is 5.56 Å². The number of benzene rings is 1. The first kappa shape index (κ1) is 17.2. The Balaban J connectivity index is 2.95. The summed E-state index contributed by atoms with van der Waals surface area (Å²) in [5, 5.41) is 19.3. The number of carboxylic acid groups (broad SMARTS) is 1. The molecule has 1 aromatic rings. The third kappa shape index (κ3) is 4.56. The number of carbonyl (C=O) groups is 2. The van der Waals surface area contributed by atoms with Gasteiger partial charge in [-0.15, -0.1) is 0 Å².